The minimum Gasteiger partial charge on any atom is -0.479 e. The zero-order chi connectivity index (χ0) is 24.9. The summed E-state index contributed by atoms with van der Waals surface area (Å²) in [5.74, 6) is -2.98. The number of imidazole rings is 1. The molecule has 0 radical (unpaired) electrons. The molecule has 0 aliphatic carbocycles. The van der Waals surface area contributed by atoms with Gasteiger partial charge in [-0.15, -0.1) is 5.10 Å². The summed E-state index contributed by atoms with van der Waals surface area (Å²) in [6.45, 7) is 1.47. The molecule has 0 spiro atoms. The highest BCUT2D eigenvalue weighted by Gasteiger charge is 2.44. The number of nitrogens with one attached hydrogen (secondary N) is 1. The van der Waals surface area contributed by atoms with Crippen molar-refractivity contribution in [1.29, 1.82) is 0 Å². The van der Waals surface area contributed by atoms with E-state index in [0.29, 0.717) is 29.0 Å². The van der Waals surface area contributed by atoms with Gasteiger partial charge in [-0.2, -0.15) is 4.98 Å². The van der Waals surface area contributed by atoms with E-state index >= 15 is 4.39 Å². The van der Waals surface area contributed by atoms with E-state index in [-0.39, 0.29) is 42.4 Å². The molecule has 1 aliphatic rings. The summed E-state index contributed by atoms with van der Waals surface area (Å²) in [7, 11) is 3.01. The maximum absolute atomic E-state index is 15.2. The third-order valence-corrected chi connectivity index (χ3v) is 6.38. The molecule has 1 unspecified atom stereocenters. The van der Waals surface area contributed by atoms with E-state index in [1.165, 1.54) is 11.6 Å². The smallest absolute Gasteiger partial charge is 0.280 e. The summed E-state index contributed by atoms with van der Waals surface area (Å²) in [6.07, 6.45) is 1.35. The number of hydrogen-bond acceptors (Lipinski definition) is 6. The molecule has 8 nitrogen and oxygen atoms in total. The van der Waals surface area contributed by atoms with Gasteiger partial charge in [0.15, 0.2) is 5.82 Å². The summed E-state index contributed by atoms with van der Waals surface area (Å²) < 4.78 is 65.7. The molecule has 0 amide bonds. The summed E-state index contributed by atoms with van der Waals surface area (Å²) in [5, 5.41) is 6.95. The van der Waals surface area contributed by atoms with Crippen LogP contribution in [0.3, 0.4) is 0 Å². The first-order valence-electron chi connectivity index (χ1n) is 11.2. The van der Waals surface area contributed by atoms with Gasteiger partial charge in [0.25, 0.3) is 5.92 Å². The maximum Gasteiger partial charge on any atom is 0.280 e. The number of methoxy groups -OCH3 is 1. The molecule has 1 fully saturated rings. The quantitative estimate of drug-likeness (QED) is 0.412. The lowest BCUT2D eigenvalue weighted by atomic mass is 10.0. The van der Waals surface area contributed by atoms with Gasteiger partial charge in [-0.3, -0.25) is 0 Å². The van der Waals surface area contributed by atoms with Gasteiger partial charge in [0, 0.05) is 6.54 Å². The number of likely N-dealkylation sites (tertiary alicyclic amines) is 1. The molecule has 12 heteroatoms. The van der Waals surface area contributed by atoms with Crippen molar-refractivity contribution in [2.75, 3.05) is 39.2 Å². The first-order valence-corrected chi connectivity index (χ1v) is 11.2. The number of benzene rings is 1. The van der Waals surface area contributed by atoms with Crippen molar-refractivity contribution >= 4 is 22.5 Å². The number of anilines is 1. The van der Waals surface area contributed by atoms with E-state index in [2.05, 4.69) is 20.4 Å². The van der Waals surface area contributed by atoms with E-state index < -0.39 is 24.5 Å². The Bertz CT molecular complexity index is 1400. The highest BCUT2D eigenvalue weighted by molar-refractivity contribution is 5.90. The predicted octanol–water partition coefficient (Wildman–Crippen LogP) is 3.92. The molecule has 1 aromatic carbocycles. The molecule has 3 aromatic heterocycles. The van der Waals surface area contributed by atoms with E-state index in [4.69, 9.17) is 4.74 Å². The number of aromatic nitrogens is 5. The number of ether oxygens (including phenoxy) is 1. The maximum atomic E-state index is 15.2. The lowest BCUT2D eigenvalue weighted by Gasteiger charge is -2.36. The van der Waals surface area contributed by atoms with Crippen LogP contribution in [0.5, 0.6) is 5.88 Å². The van der Waals surface area contributed by atoms with Crippen LogP contribution in [-0.2, 0) is 6.54 Å². The van der Waals surface area contributed by atoms with Gasteiger partial charge in [0.2, 0.25) is 11.8 Å². The molecular formula is C23H25F4N7O. The number of fused-ring (bicyclic) bond motifs is 2. The summed E-state index contributed by atoms with van der Waals surface area (Å²) in [5.41, 5.74) is 2.27. The van der Waals surface area contributed by atoms with Gasteiger partial charge in [0.05, 0.1) is 49.0 Å². The third kappa shape index (κ3) is 4.05. The van der Waals surface area contributed by atoms with Crippen LogP contribution in [0.15, 0.2) is 24.4 Å². The molecule has 4 heterocycles. The van der Waals surface area contributed by atoms with Gasteiger partial charge >= 0.3 is 0 Å². The van der Waals surface area contributed by atoms with Crippen LogP contribution in [0, 0.1) is 12.7 Å². The van der Waals surface area contributed by atoms with Crippen molar-refractivity contribution < 1.29 is 22.3 Å². The Balaban J connectivity index is 1.58. The molecule has 1 aliphatic heterocycles. The number of hydrogen-bond donors (Lipinski definition) is 1. The molecule has 1 N–H and O–H groups in total. The largest absolute Gasteiger partial charge is 0.479 e. The molecule has 5 rings (SSSR count). The Morgan fingerprint density at radius 1 is 1.26 bits per heavy atom. The lowest BCUT2D eigenvalue weighted by Crippen LogP contribution is -2.53. The Morgan fingerprint density at radius 2 is 2.06 bits per heavy atom. The summed E-state index contributed by atoms with van der Waals surface area (Å²) >= 11 is 0. The molecule has 35 heavy (non-hydrogen) atoms. The van der Waals surface area contributed by atoms with Gasteiger partial charge in [0.1, 0.15) is 18.0 Å². The van der Waals surface area contributed by atoms with Crippen LogP contribution < -0.4 is 10.1 Å². The van der Waals surface area contributed by atoms with Crippen molar-refractivity contribution in [2.24, 2.45) is 0 Å². The number of nitrogens with zero attached hydrogens (tertiary/aromatic N) is 6. The predicted molar refractivity (Wildman–Crippen MR) is 123 cm³/mol. The van der Waals surface area contributed by atoms with E-state index in [0.717, 1.165) is 6.20 Å². The number of alkyl halides is 3. The highest BCUT2D eigenvalue weighted by Crippen LogP contribution is 2.36. The molecule has 4 aromatic rings. The number of rotatable bonds is 6. The topological polar surface area (TPSA) is 72.5 Å². The van der Waals surface area contributed by atoms with Gasteiger partial charge < -0.3 is 19.5 Å². The zero-order valence-electron chi connectivity index (χ0n) is 19.5. The lowest BCUT2D eigenvalue weighted by molar-refractivity contribution is -0.0675. The Labute approximate surface area is 198 Å². The minimum atomic E-state index is -2.98. The van der Waals surface area contributed by atoms with Crippen LogP contribution in [0.2, 0.25) is 0 Å². The third-order valence-electron chi connectivity index (χ3n) is 6.38. The minimum absolute atomic E-state index is 0.0335. The monoisotopic (exact) mass is 491 g/mol. The van der Waals surface area contributed by atoms with E-state index in [9.17, 15) is 13.2 Å². The second-order valence-electron chi connectivity index (χ2n) is 8.78. The fraction of sp³-hybridized carbons (Fsp3) is 0.435. The van der Waals surface area contributed by atoms with Crippen LogP contribution in [0.25, 0.3) is 27.7 Å². The molecular weight excluding hydrogens is 466 g/mol. The van der Waals surface area contributed by atoms with Crippen molar-refractivity contribution in [2.45, 2.75) is 31.9 Å². The van der Waals surface area contributed by atoms with Crippen molar-refractivity contribution in [1.82, 2.24) is 29.0 Å². The van der Waals surface area contributed by atoms with E-state index in [1.54, 1.807) is 41.6 Å². The second-order valence-corrected chi connectivity index (χ2v) is 8.78. The fourth-order valence-corrected chi connectivity index (χ4v) is 4.71. The SMILES string of the molecule is COc1nc(NC2CCN(C)CC2(F)F)nn2cc(F)c(-c3ccc4nc(C)n(CCF)c4c3)c12. The van der Waals surface area contributed by atoms with Crippen molar-refractivity contribution in [3.8, 4) is 17.0 Å². The molecule has 0 saturated carbocycles. The van der Waals surface area contributed by atoms with Crippen LogP contribution in [0.4, 0.5) is 23.5 Å². The van der Waals surface area contributed by atoms with Gasteiger partial charge in [-0.25, -0.2) is 27.1 Å². The Morgan fingerprint density at radius 3 is 2.77 bits per heavy atom. The van der Waals surface area contributed by atoms with Gasteiger partial charge in [-0.1, -0.05) is 6.07 Å². The average Bonchev–Trinajstić information content (AvgIpc) is 3.30. The van der Waals surface area contributed by atoms with E-state index in [1.807, 2.05) is 0 Å². The number of aryl methyl sites for hydroxylation is 2. The first kappa shape index (κ1) is 23.3. The normalized spacial score (nSPS) is 18.4. The Kier molecular flexibility index (Phi) is 5.78. The number of piperidine rings is 1. The first-order chi connectivity index (χ1) is 16.7. The number of halogens is 4. The summed E-state index contributed by atoms with van der Waals surface area (Å²) in [6, 6.07) is 4.01. The molecule has 1 saturated heterocycles. The Hall–Kier alpha value is -3.41. The van der Waals surface area contributed by atoms with Crippen molar-refractivity contribution in [3.63, 3.8) is 0 Å². The second kappa shape index (κ2) is 8.67. The standard InChI is InChI=1S/C23H25F4N7O/c1-13-28-16-5-4-14(10-17(16)33(13)9-7-24)19-15(25)11-34-20(19)21(35-3)30-22(31-34)29-18-6-8-32(2)12-23(18,26)27/h4-5,10-11,18H,6-9,12H2,1-3H3,(H,29,31). The highest BCUT2D eigenvalue weighted by atomic mass is 19.3. The fourth-order valence-electron chi connectivity index (χ4n) is 4.71. The average molecular weight is 491 g/mol. The van der Waals surface area contributed by atoms with Gasteiger partial charge in [-0.05, 0) is 38.1 Å². The van der Waals surface area contributed by atoms with Crippen LogP contribution in [-0.4, -0.2) is 74.9 Å². The van der Waals surface area contributed by atoms with Crippen molar-refractivity contribution in [3.05, 3.63) is 36.0 Å². The van der Waals surface area contributed by atoms with Crippen LogP contribution in [0.1, 0.15) is 12.2 Å². The molecule has 0 bridgehead atoms. The molecule has 186 valence electrons. The molecule has 1 atom stereocenters. The summed E-state index contributed by atoms with van der Waals surface area (Å²) in [4.78, 5) is 10.3. The van der Waals surface area contributed by atoms with Crippen LogP contribution >= 0.6 is 0 Å². The zero-order valence-corrected chi connectivity index (χ0v) is 19.5.